The topological polar surface area (TPSA) is 120 Å². The van der Waals surface area contributed by atoms with Crippen molar-refractivity contribution in [1.29, 1.82) is 0 Å². The van der Waals surface area contributed by atoms with Gasteiger partial charge in [-0.2, -0.15) is 0 Å². The Kier molecular flexibility index (Phi) is 5.77. The van der Waals surface area contributed by atoms with Crippen LogP contribution >= 0.6 is 0 Å². The second-order valence-electron chi connectivity index (χ2n) is 8.23. The smallest absolute Gasteiger partial charge is 0.200 e. The van der Waals surface area contributed by atoms with E-state index < -0.39 is 30.3 Å². The normalized spacial score (nSPS) is 28.7. The minimum absolute atomic E-state index is 0.0276. The van der Waals surface area contributed by atoms with Crippen LogP contribution in [-0.2, 0) is 11.3 Å². The highest BCUT2D eigenvalue weighted by Crippen LogP contribution is 2.49. The van der Waals surface area contributed by atoms with Crippen molar-refractivity contribution < 1.29 is 35.0 Å². The Morgan fingerprint density at radius 1 is 1.03 bits per heavy atom. The maximum atomic E-state index is 10.8. The van der Waals surface area contributed by atoms with Gasteiger partial charge < -0.3 is 35.0 Å². The summed E-state index contributed by atoms with van der Waals surface area (Å²) in [4.78, 5) is 0. The molecular weight excluding hydrogens is 388 g/mol. The quantitative estimate of drug-likeness (QED) is 0.486. The number of methoxy groups -OCH3 is 1. The molecule has 1 saturated heterocycles. The van der Waals surface area contributed by atoms with E-state index in [1.165, 1.54) is 7.11 Å². The largest absolute Gasteiger partial charge is 0.508 e. The summed E-state index contributed by atoms with van der Waals surface area (Å²) < 4.78 is 11.5. The molecular formula is C23H28O7. The van der Waals surface area contributed by atoms with Gasteiger partial charge in [-0.1, -0.05) is 12.1 Å². The molecule has 30 heavy (non-hydrogen) atoms. The van der Waals surface area contributed by atoms with Gasteiger partial charge in [0.25, 0.3) is 0 Å². The Bertz CT molecular complexity index is 895. The Balaban J connectivity index is 1.61. The number of fused-ring (bicyclic) bond motifs is 1. The SMILES string of the molecule is COc1cc(C2CC(O)C3CCC(c4ccc(O)cc4)CC3O2)c(CO)c(O)c1O. The van der Waals surface area contributed by atoms with Gasteiger partial charge in [0.2, 0.25) is 5.75 Å². The number of aromatic hydroxyl groups is 3. The number of aliphatic hydroxyl groups is 2. The van der Waals surface area contributed by atoms with Gasteiger partial charge in [-0.25, -0.2) is 0 Å². The van der Waals surface area contributed by atoms with Gasteiger partial charge in [0, 0.05) is 17.9 Å². The van der Waals surface area contributed by atoms with E-state index in [0.717, 1.165) is 24.8 Å². The third-order valence-electron chi connectivity index (χ3n) is 6.60. The number of hydrogen-bond donors (Lipinski definition) is 5. The summed E-state index contributed by atoms with van der Waals surface area (Å²) >= 11 is 0. The lowest BCUT2D eigenvalue weighted by Gasteiger charge is -2.45. The first-order valence-electron chi connectivity index (χ1n) is 10.3. The molecule has 0 aromatic heterocycles. The summed E-state index contributed by atoms with van der Waals surface area (Å²) in [6.07, 6.45) is 1.56. The van der Waals surface area contributed by atoms with Crippen LogP contribution in [0.1, 0.15) is 54.4 Å². The number of phenols is 3. The standard InChI is InChI=1S/C23H28O7/c1-29-21-9-16(17(11-24)22(27)23(21)28)20-10-18(26)15-7-4-13(8-19(15)30-20)12-2-5-14(25)6-3-12/h2-3,5-6,9,13,15,18-20,24-28H,4,7-8,10-11H2,1H3. The second kappa shape index (κ2) is 8.34. The predicted octanol–water partition coefficient (Wildman–Crippen LogP) is 3.08. The fraction of sp³-hybridized carbons (Fsp3) is 0.478. The molecule has 5 unspecified atom stereocenters. The van der Waals surface area contributed by atoms with Gasteiger partial charge in [-0.05, 0) is 54.5 Å². The molecule has 4 rings (SSSR count). The molecule has 2 fully saturated rings. The van der Waals surface area contributed by atoms with Crippen LogP contribution in [0.15, 0.2) is 30.3 Å². The molecule has 2 aromatic carbocycles. The van der Waals surface area contributed by atoms with Crippen molar-refractivity contribution in [2.75, 3.05) is 7.11 Å². The molecule has 5 N–H and O–H groups in total. The third kappa shape index (κ3) is 3.69. The minimum atomic E-state index is -0.567. The summed E-state index contributed by atoms with van der Waals surface area (Å²) in [6.45, 7) is -0.473. The number of phenolic OH excluding ortho intramolecular Hbond substituents is 2. The van der Waals surface area contributed by atoms with Crippen LogP contribution in [0.2, 0.25) is 0 Å². The monoisotopic (exact) mass is 416 g/mol. The van der Waals surface area contributed by atoms with Crippen LogP contribution in [0, 0.1) is 5.92 Å². The van der Waals surface area contributed by atoms with E-state index in [0.29, 0.717) is 12.0 Å². The van der Waals surface area contributed by atoms with Crippen LogP contribution in [0.5, 0.6) is 23.0 Å². The fourth-order valence-corrected chi connectivity index (χ4v) is 4.96. The lowest BCUT2D eigenvalue weighted by molar-refractivity contribution is -0.154. The maximum absolute atomic E-state index is 10.8. The van der Waals surface area contributed by atoms with Gasteiger partial charge in [-0.15, -0.1) is 0 Å². The van der Waals surface area contributed by atoms with Crippen molar-refractivity contribution in [2.24, 2.45) is 5.92 Å². The van der Waals surface area contributed by atoms with Gasteiger partial charge >= 0.3 is 0 Å². The molecule has 5 atom stereocenters. The van der Waals surface area contributed by atoms with Crippen molar-refractivity contribution in [3.63, 3.8) is 0 Å². The number of aliphatic hydroxyl groups excluding tert-OH is 2. The molecule has 2 aliphatic rings. The van der Waals surface area contributed by atoms with Gasteiger partial charge in [0.15, 0.2) is 11.5 Å². The van der Waals surface area contributed by atoms with E-state index in [2.05, 4.69) is 0 Å². The number of hydrogen-bond acceptors (Lipinski definition) is 7. The summed E-state index contributed by atoms with van der Waals surface area (Å²) in [5, 5.41) is 50.5. The first-order chi connectivity index (χ1) is 14.4. The zero-order valence-corrected chi connectivity index (χ0v) is 16.9. The lowest BCUT2D eigenvalue weighted by Crippen LogP contribution is -2.44. The van der Waals surface area contributed by atoms with Gasteiger partial charge in [-0.3, -0.25) is 0 Å². The molecule has 1 heterocycles. The zero-order chi connectivity index (χ0) is 21.4. The lowest BCUT2D eigenvalue weighted by atomic mass is 9.72. The third-order valence-corrected chi connectivity index (χ3v) is 6.60. The van der Waals surface area contributed by atoms with E-state index in [1.807, 2.05) is 12.1 Å². The fourth-order valence-electron chi connectivity index (χ4n) is 4.96. The summed E-state index contributed by atoms with van der Waals surface area (Å²) in [5.41, 5.74) is 1.82. The molecule has 162 valence electrons. The number of ether oxygens (including phenoxy) is 2. The first-order valence-corrected chi connectivity index (χ1v) is 10.3. The first kappa shape index (κ1) is 20.8. The van der Waals surface area contributed by atoms with Crippen LogP contribution in [0.3, 0.4) is 0 Å². The molecule has 0 bridgehead atoms. The molecule has 0 radical (unpaired) electrons. The van der Waals surface area contributed by atoms with E-state index in [-0.39, 0.29) is 35.0 Å². The molecule has 1 aliphatic heterocycles. The van der Waals surface area contributed by atoms with E-state index >= 15 is 0 Å². The maximum Gasteiger partial charge on any atom is 0.200 e. The van der Waals surface area contributed by atoms with E-state index in [1.54, 1.807) is 18.2 Å². The molecule has 1 saturated carbocycles. The highest BCUT2D eigenvalue weighted by Gasteiger charge is 2.43. The minimum Gasteiger partial charge on any atom is -0.508 e. The Morgan fingerprint density at radius 2 is 1.77 bits per heavy atom. The Hall–Kier alpha value is -2.48. The van der Waals surface area contributed by atoms with Crippen LogP contribution in [0.25, 0.3) is 0 Å². The Morgan fingerprint density at radius 3 is 2.43 bits per heavy atom. The Labute approximate surface area is 175 Å². The van der Waals surface area contributed by atoms with Crippen LogP contribution in [0.4, 0.5) is 0 Å². The average Bonchev–Trinajstić information content (AvgIpc) is 2.75. The van der Waals surface area contributed by atoms with Gasteiger partial charge in [0.1, 0.15) is 5.75 Å². The van der Waals surface area contributed by atoms with Crippen molar-refractivity contribution in [2.45, 2.75) is 56.5 Å². The zero-order valence-electron chi connectivity index (χ0n) is 16.9. The van der Waals surface area contributed by atoms with E-state index in [9.17, 15) is 25.5 Å². The molecule has 7 nitrogen and oxygen atoms in total. The second-order valence-corrected chi connectivity index (χ2v) is 8.23. The highest BCUT2D eigenvalue weighted by atomic mass is 16.5. The van der Waals surface area contributed by atoms with Gasteiger partial charge in [0.05, 0.1) is 32.0 Å². The summed E-state index contributed by atoms with van der Waals surface area (Å²) in [6, 6.07) is 8.76. The molecule has 1 aliphatic carbocycles. The van der Waals surface area contributed by atoms with Crippen molar-refractivity contribution in [3.8, 4) is 23.0 Å². The summed E-state index contributed by atoms with van der Waals surface area (Å²) in [5.74, 6) is -0.250. The molecule has 0 amide bonds. The van der Waals surface area contributed by atoms with E-state index in [4.69, 9.17) is 9.47 Å². The van der Waals surface area contributed by atoms with Crippen molar-refractivity contribution >= 4 is 0 Å². The van der Waals surface area contributed by atoms with Crippen LogP contribution in [-0.4, -0.2) is 44.9 Å². The number of rotatable bonds is 4. The van der Waals surface area contributed by atoms with Crippen molar-refractivity contribution in [1.82, 2.24) is 0 Å². The molecule has 0 spiro atoms. The molecule has 7 heteroatoms. The van der Waals surface area contributed by atoms with Crippen LogP contribution < -0.4 is 4.74 Å². The predicted molar refractivity (Wildman–Crippen MR) is 109 cm³/mol. The van der Waals surface area contributed by atoms with Crippen molar-refractivity contribution in [3.05, 3.63) is 47.0 Å². The highest BCUT2D eigenvalue weighted by molar-refractivity contribution is 5.58. The average molecular weight is 416 g/mol. The molecule has 2 aromatic rings. The summed E-state index contributed by atoms with van der Waals surface area (Å²) in [7, 11) is 1.38. The number of benzene rings is 2.